The molecular weight excluding hydrogens is 1950 g/mol. The van der Waals surface area contributed by atoms with E-state index in [1.165, 1.54) is 83.0 Å². The minimum absolute atomic E-state index is 0.0373. The normalized spacial score (nSPS) is 19.9. The molecule has 7 aromatic heterocycles. The van der Waals surface area contributed by atoms with Crippen molar-refractivity contribution in [3.63, 3.8) is 0 Å². The molecule has 34 heteroatoms. The van der Waals surface area contributed by atoms with Crippen LogP contribution in [0, 0.1) is 45.6 Å². The summed E-state index contributed by atoms with van der Waals surface area (Å²) in [5.41, 5.74) is 40.6. The van der Waals surface area contributed by atoms with Crippen LogP contribution in [0.25, 0.3) is 55.8 Å². The number of carbonyl (C=O) groups is 5. The highest BCUT2D eigenvalue weighted by molar-refractivity contribution is 7.11. The van der Waals surface area contributed by atoms with Crippen molar-refractivity contribution in [3.05, 3.63) is 384 Å². The van der Waals surface area contributed by atoms with Crippen LogP contribution in [0.4, 0.5) is 8.78 Å². The van der Waals surface area contributed by atoms with E-state index in [9.17, 15) is 48.5 Å². The van der Waals surface area contributed by atoms with Crippen molar-refractivity contribution in [2.45, 2.75) is 145 Å². The number of thiophene rings is 3. The number of nitrogens with two attached hydrogens (primary N) is 5. The first-order valence-electron chi connectivity index (χ1n) is 48.1. The van der Waals surface area contributed by atoms with E-state index in [-0.39, 0.29) is 71.9 Å². The summed E-state index contributed by atoms with van der Waals surface area (Å²) in [6.45, 7) is 19.4. The van der Waals surface area contributed by atoms with Gasteiger partial charge < -0.3 is 33.4 Å². The van der Waals surface area contributed by atoms with Gasteiger partial charge in [-0.2, -0.15) is 20.9 Å². The fourth-order valence-corrected chi connectivity index (χ4v) is 21.9. The van der Waals surface area contributed by atoms with Gasteiger partial charge in [-0.15, -0.1) is 34.0 Å². The molecule has 5 aliphatic rings. The summed E-state index contributed by atoms with van der Waals surface area (Å²) in [5.74, 6) is -1.48. The van der Waals surface area contributed by atoms with E-state index in [0.29, 0.717) is 23.5 Å². The standard InChI is InChI=1S/C26H26N4O2S.2C25H24FN5OS.C21H18N4O.C19H19N5O/c1-16(2)32-21-10-8-18(9-11-21)23-24(31)30(4)25(28)29-26(23,3)22-13-20(15-33-22)19-7-5-6-17(12-19)14-27;2*1-24(2,14-27)17-7-5-15(6-8-17)21-22(32)31(4)23(28)30-25(21,3)20-11-16(13-33-20)19-10-9-18(26)12-29-19;22-20-24-21(17-9-3-1-4-10-17,18-11-5-2-6-12-18)19(26)25(20)15-16-8-7-13-23-14-16;1-19(11-16(25)24(2)18(20)21-19)13-8-9-14-15(10-13)22-23-17(14)12-6-4-3-5-7-12/h5-13,15-16,23H,1-4H3,(H2,28,29);2*5-13,21H,1-4H3,(H2,28,30);1-14H,15H2,(H2,22,24);3-10H,11H2,1-2H3,(H2,20,21)(H,22,23)/t23-,26+;21-,25+;21-,25-;;19-/m001.0/s1. The first kappa shape index (κ1) is 105. The number of ether oxygens (including phenoxy) is 1. The molecule has 0 radical (unpaired) electrons. The number of aromatic nitrogens is 5. The van der Waals surface area contributed by atoms with Crippen LogP contribution in [0.5, 0.6) is 5.75 Å². The molecule has 20 rings (SSSR count). The minimum atomic E-state index is -1.16. The zero-order chi connectivity index (χ0) is 107. The van der Waals surface area contributed by atoms with Crippen LogP contribution in [0.1, 0.15) is 164 Å². The molecule has 11 N–H and O–H groups in total. The summed E-state index contributed by atoms with van der Waals surface area (Å²) in [4.78, 5) is 112. The van der Waals surface area contributed by atoms with Crippen LogP contribution in [0.2, 0.25) is 0 Å². The third-order valence-electron chi connectivity index (χ3n) is 27.6. The van der Waals surface area contributed by atoms with Gasteiger partial charge in [0, 0.05) is 88.1 Å². The average Bonchev–Trinajstić information content (AvgIpc) is 1.64. The first-order chi connectivity index (χ1) is 71.5. The van der Waals surface area contributed by atoms with E-state index in [1.807, 2.05) is 316 Å². The lowest BCUT2D eigenvalue weighted by atomic mass is 9.76. The van der Waals surface area contributed by atoms with Crippen LogP contribution in [-0.2, 0) is 69.0 Å². The average molecular weight is 2060 g/mol. The molecule has 29 nitrogen and oxygen atoms in total. The molecule has 0 aliphatic carbocycles. The Hall–Kier alpha value is -17.4. The Bertz CT molecular complexity index is 7640. The van der Waals surface area contributed by atoms with Gasteiger partial charge in [0.1, 0.15) is 34.0 Å². The van der Waals surface area contributed by atoms with Crippen LogP contribution in [0.15, 0.2) is 327 Å². The fourth-order valence-electron chi connectivity index (χ4n) is 18.7. The Morgan fingerprint density at radius 2 is 0.900 bits per heavy atom. The zero-order valence-electron chi connectivity index (χ0n) is 85.0. The molecule has 758 valence electrons. The number of hydrogen-bond donors (Lipinski definition) is 6. The predicted octanol–water partition coefficient (Wildman–Crippen LogP) is 19.2. The van der Waals surface area contributed by atoms with Crippen molar-refractivity contribution >= 4 is 104 Å². The smallest absolute Gasteiger partial charge is 0.266 e. The molecule has 0 unspecified atom stereocenters. The van der Waals surface area contributed by atoms with Crippen molar-refractivity contribution in [1.82, 2.24) is 49.6 Å². The molecule has 0 fully saturated rings. The minimum Gasteiger partial charge on any atom is -0.491 e. The molecule has 0 bridgehead atoms. The third-order valence-corrected chi connectivity index (χ3v) is 31.1. The van der Waals surface area contributed by atoms with Gasteiger partial charge >= 0.3 is 0 Å². The van der Waals surface area contributed by atoms with Crippen molar-refractivity contribution in [1.29, 1.82) is 15.8 Å². The molecule has 5 amide bonds. The Kier molecular flexibility index (Phi) is 30.2. The lowest BCUT2D eigenvalue weighted by Crippen LogP contribution is -2.52. The third kappa shape index (κ3) is 21.2. The monoisotopic (exact) mass is 2060 g/mol. The molecule has 8 aromatic carbocycles. The maximum absolute atomic E-state index is 13.6. The summed E-state index contributed by atoms with van der Waals surface area (Å²) >= 11 is 4.45. The summed E-state index contributed by atoms with van der Waals surface area (Å²) < 4.78 is 32.4. The summed E-state index contributed by atoms with van der Waals surface area (Å²) in [6.07, 6.45) is 6.14. The number of halogens is 2. The number of H-pyrrole nitrogens is 1. The van der Waals surface area contributed by atoms with Crippen molar-refractivity contribution in [2.75, 3.05) is 28.2 Å². The topological polar surface area (TPSA) is 441 Å². The molecule has 0 saturated heterocycles. The number of pyridine rings is 3. The van der Waals surface area contributed by atoms with Gasteiger partial charge in [0.2, 0.25) is 23.6 Å². The van der Waals surface area contributed by atoms with E-state index >= 15 is 0 Å². The number of guanidine groups is 5. The number of benzene rings is 8. The number of amides is 5. The number of likely N-dealkylation sites (N-methyl/N-ethyl adjacent to an activating group) is 3. The number of nitrogens with zero attached hydrogens (tertiary/aromatic N) is 17. The SMILES string of the molecule is CC(C)Oc1ccc([C@H]2C(=O)N(C)C(N)=N[C@]2(C)c2cc(-c3cccc(C#N)c3)cs2)cc1.CN1C(=O)C[C@@](C)(c2ccc3c(-c4ccccc4)n[nH]c3c2)N=C1N.CN1C(=O)[C@@H](c2ccc(C(C)(C)C#N)cc2)[C@@](C)(c2cc(-c3ccc(F)cn3)cs2)N=C1N.CN1C(=O)[C@H](c2ccc(C(C)(C)C#N)cc2)[C@@](C)(c2cc(-c3ccc(F)cn3)cs2)N=C1N.NC1=NC(c2ccccc2)(c2ccccc2)C(=O)N1Cc1cccnc1. The number of aliphatic imine (C=N–C) groups is 5. The second-order valence-corrected chi connectivity index (χ2v) is 41.8. The molecule has 7 atom stereocenters. The van der Waals surface area contributed by atoms with Gasteiger partial charge in [0.05, 0.1) is 112 Å². The highest BCUT2D eigenvalue weighted by atomic mass is 32.1. The molecule has 5 aliphatic heterocycles. The second-order valence-electron chi connectivity index (χ2n) is 39.0. The molecule has 12 heterocycles. The predicted molar refractivity (Wildman–Crippen MR) is 583 cm³/mol. The molecule has 0 spiro atoms. The second kappa shape index (κ2) is 43.0. The first-order valence-corrected chi connectivity index (χ1v) is 50.7. The Balaban J connectivity index is 0.000000134. The molecule has 0 saturated carbocycles. The number of hydrogen-bond acceptors (Lipinski definition) is 26. The zero-order valence-corrected chi connectivity index (χ0v) is 87.5. The largest absolute Gasteiger partial charge is 0.491 e. The Morgan fingerprint density at radius 3 is 1.33 bits per heavy atom. The fraction of sp³-hybridized carbons (Fsp3) is 0.233. The van der Waals surface area contributed by atoms with Crippen LogP contribution >= 0.6 is 34.0 Å². The van der Waals surface area contributed by atoms with Gasteiger partial charge in [0.15, 0.2) is 35.3 Å². The van der Waals surface area contributed by atoms with E-state index in [4.69, 9.17) is 48.4 Å². The van der Waals surface area contributed by atoms with Crippen molar-refractivity contribution in [3.8, 4) is 68.9 Å². The quantitative estimate of drug-likeness (QED) is 0.0438. The number of nitrogens with one attached hydrogen (secondary N) is 1. The maximum Gasteiger partial charge on any atom is 0.266 e. The van der Waals surface area contributed by atoms with E-state index in [1.54, 1.807) is 58.8 Å². The number of aromatic amines is 1. The van der Waals surface area contributed by atoms with Crippen LogP contribution in [0.3, 0.4) is 0 Å². The molecular formula is C116H111F2N23O6S3. The van der Waals surface area contributed by atoms with Crippen LogP contribution < -0.4 is 33.4 Å². The Labute approximate surface area is 880 Å². The van der Waals surface area contributed by atoms with E-state index in [0.717, 1.165) is 115 Å². The highest BCUT2D eigenvalue weighted by Gasteiger charge is 2.54. The van der Waals surface area contributed by atoms with Crippen LogP contribution in [-0.4, -0.2) is 143 Å². The van der Waals surface area contributed by atoms with Crippen molar-refractivity contribution < 1.29 is 37.5 Å². The van der Waals surface area contributed by atoms with E-state index < -0.39 is 67.9 Å². The maximum atomic E-state index is 13.6. The van der Waals surface area contributed by atoms with E-state index in [2.05, 4.69) is 53.3 Å². The number of nitriles is 3. The molecule has 15 aromatic rings. The van der Waals surface area contributed by atoms with Gasteiger partial charge in [-0.3, -0.25) is 68.5 Å². The van der Waals surface area contributed by atoms with Gasteiger partial charge in [-0.1, -0.05) is 182 Å². The summed E-state index contributed by atoms with van der Waals surface area (Å²) in [7, 11) is 6.52. The number of carbonyl (C=O) groups excluding carboxylic acids is 5. The Morgan fingerprint density at radius 1 is 0.460 bits per heavy atom. The summed E-state index contributed by atoms with van der Waals surface area (Å²) in [6, 6.07) is 87.8. The van der Waals surface area contributed by atoms with Gasteiger partial charge in [0.25, 0.3) is 5.91 Å². The number of rotatable bonds is 19. The summed E-state index contributed by atoms with van der Waals surface area (Å²) in [5, 5.41) is 42.6. The lowest BCUT2D eigenvalue weighted by Gasteiger charge is -2.40. The number of fused-ring (bicyclic) bond motifs is 1. The molecule has 150 heavy (non-hydrogen) atoms. The lowest BCUT2D eigenvalue weighted by molar-refractivity contribution is -0.131. The van der Waals surface area contributed by atoms with Gasteiger partial charge in [-0.05, 0) is 215 Å². The highest BCUT2D eigenvalue weighted by Crippen LogP contribution is 2.52. The van der Waals surface area contributed by atoms with Crippen molar-refractivity contribution in [2.24, 2.45) is 53.6 Å². The van der Waals surface area contributed by atoms with Gasteiger partial charge in [-0.25, -0.2) is 33.7 Å².